The fourth-order valence-corrected chi connectivity index (χ4v) is 2.51. The summed E-state index contributed by atoms with van der Waals surface area (Å²) in [6, 6.07) is 1.80. The number of nitriles is 1. The molecule has 0 aromatic carbocycles. The third kappa shape index (κ3) is 2.80. The van der Waals surface area contributed by atoms with Gasteiger partial charge in [0.15, 0.2) is 11.7 Å². The number of Topliss-reactive ketones (excluding diaryl/α,β-unsaturated/α-hetero) is 2. The van der Waals surface area contributed by atoms with E-state index in [0.717, 1.165) is 12.8 Å². The summed E-state index contributed by atoms with van der Waals surface area (Å²) in [5, 5.41) is 9.17. The smallest absolute Gasteiger partial charge is 0.340 e. The van der Waals surface area contributed by atoms with Crippen molar-refractivity contribution < 1.29 is 19.1 Å². The van der Waals surface area contributed by atoms with E-state index in [1.165, 1.54) is 0 Å². The van der Waals surface area contributed by atoms with Gasteiger partial charge in [-0.1, -0.05) is 0 Å². The van der Waals surface area contributed by atoms with Crippen LogP contribution in [0.5, 0.6) is 0 Å². The monoisotopic (exact) mass is 302 g/mol. The second-order valence-corrected chi connectivity index (χ2v) is 5.45. The summed E-state index contributed by atoms with van der Waals surface area (Å²) in [5.41, 5.74) is 1.35. The lowest BCUT2D eigenvalue weighted by molar-refractivity contribution is -0.121. The first-order valence-corrected chi connectivity index (χ1v) is 7.26. The van der Waals surface area contributed by atoms with Gasteiger partial charge in [0.1, 0.15) is 0 Å². The Bertz CT molecular complexity index is 677. The molecule has 0 amide bonds. The standard InChI is InChI=1S/C16H18N2O4/c1-4-22-16(21)12-8(2)13(18-9(12)3)15(20)11(7-17)14(19)10-5-6-10/h10-11,18H,4-6H2,1-3H3. The minimum absolute atomic E-state index is 0.140. The predicted octanol–water partition coefficient (Wildman–Crippen LogP) is 2.11. The highest BCUT2D eigenvalue weighted by Crippen LogP contribution is 2.33. The van der Waals surface area contributed by atoms with Gasteiger partial charge in [0.25, 0.3) is 0 Å². The van der Waals surface area contributed by atoms with Crippen LogP contribution in [-0.4, -0.2) is 29.1 Å². The summed E-state index contributed by atoms with van der Waals surface area (Å²) < 4.78 is 4.96. The molecule has 0 spiro atoms. The van der Waals surface area contributed by atoms with E-state index in [0.29, 0.717) is 16.8 Å². The predicted molar refractivity (Wildman–Crippen MR) is 77.4 cm³/mol. The van der Waals surface area contributed by atoms with Crippen LogP contribution in [0.25, 0.3) is 0 Å². The van der Waals surface area contributed by atoms with Gasteiger partial charge in [0, 0.05) is 11.6 Å². The van der Waals surface area contributed by atoms with Gasteiger partial charge in [-0.3, -0.25) is 9.59 Å². The van der Waals surface area contributed by atoms with Gasteiger partial charge in [0.05, 0.1) is 23.9 Å². The number of ketones is 2. The molecule has 116 valence electrons. The van der Waals surface area contributed by atoms with Gasteiger partial charge in [0.2, 0.25) is 5.78 Å². The first-order valence-electron chi connectivity index (χ1n) is 7.26. The molecule has 22 heavy (non-hydrogen) atoms. The highest BCUT2D eigenvalue weighted by molar-refractivity contribution is 6.14. The van der Waals surface area contributed by atoms with Crippen LogP contribution in [0, 0.1) is 37.0 Å². The topological polar surface area (TPSA) is 100 Å². The summed E-state index contributed by atoms with van der Waals surface area (Å²) in [6.07, 6.45) is 1.47. The molecule has 1 aromatic rings. The van der Waals surface area contributed by atoms with Crippen LogP contribution >= 0.6 is 0 Å². The zero-order valence-electron chi connectivity index (χ0n) is 12.9. The fraction of sp³-hybridized carbons (Fsp3) is 0.500. The zero-order valence-corrected chi connectivity index (χ0v) is 12.9. The number of aromatic nitrogens is 1. The van der Waals surface area contributed by atoms with E-state index in [1.807, 2.05) is 0 Å². The molecule has 1 aromatic heterocycles. The molecule has 1 unspecified atom stereocenters. The Hall–Kier alpha value is -2.42. The number of carbonyl (C=O) groups is 3. The van der Waals surface area contributed by atoms with Gasteiger partial charge < -0.3 is 9.72 Å². The molecule has 1 fully saturated rings. The average molecular weight is 302 g/mol. The summed E-state index contributed by atoms with van der Waals surface area (Å²) in [7, 11) is 0. The van der Waals surface area contributed by atoms with Crippen LogP contribution in [-0.2, 0) is 9.53 Å². The summed E-state index contributed by atoms with van der Waals surface area (Å²) in [6.45, 7) is 5.19. The molecule has 1 aliphatic rings. The maximum atomic E-state index is 12.5. The Kier molecular flexibility index (Phi) is 4.45. The van der Waals surface area contributed by atoms with Crippen molar-refractivity contribution in [2.75, 3.05) is 6.61 Å². The molecule has 1 N–H and O–H groups in total. The molecule has 2 rings (SSSR count). The molecule has 0 aliphatic heterocycles. The highest BCUT2D eigenvalue weighted by Gasteiger charge is 2.40. The van der Waals surface area contributed by atoms with Gasteiger partial charge in [-0.2, -0.15) is 5.26 Å². The molecule has 6 heteroatoms. The first-order chi connectivity index (χ1) is 10.4. The number of nitrogens with one attached hydrogen (secondary N) is 1. The van der Waals surface area contributed by atoms with Gasteiger partial charge in [-0.05, 0) is 39.2 Å². The molecule has 0 radical (unpaired) electrons. The van der Waals surface area contributed by atoms with E-state index < -0.39 is 17.7 Å². The Balaban J connectivity index is 2.34. The number of aryl methyl sites for hydroxylation is 1. The van der Waals surface area contributed by atoms with E-state index in [9.17, 15) is 14.4 Å². The van der Waals surface area contributed by atoms with Crippen molar-refractivity contribution in [3.05, 3.63) is 22.5 Å². The van der Waals surface area contributed by atoms with Crippen molar-refractivity contribution in [3.63, 3.8) is 0 Å². The van der Waals surface area contributed by atoms with Crippen LogP contribution in [0.3, 0.4) is 0 Å². The number of hydrogen-bond donors (Lipinski definition) is 1. The zero-order chi connectivity index (χ0) is 16.4. The Morgan fingerprint density at radius 3 is 2.50 bits per heavy atom. The third-order valence-corrected chi connectivity index (χ3v) is 3.82. The molecule has 1 aliphatic carbocycles. The van der Waals surface area contributed by atoms with E-state index in [-0.39, 0.29) is 24.0 Å². The molecule has 0 bridgehead atoms. The first kappa shape index (κ1) is 16.0. The fourth-order valence-electron chi connectivity index (χ4n) is 2.51. The Morgan fingerprint density at radius 2 is 2.00 bits per heavy atom. The number of carbonyl (C=O) groups excluding carboxylic acids is 3. The molecule has 1 atom stereocenters. The summed E-state index contributed by atoms with van der Waals surface area (Å²) >= 11 is 0. The summed E-state index contributed by atoms with van der Waals surface area (Å²) in [5.74, 6) is -2.89. The van der Waals surface area contributed by atoms with E-state index in [4.69, 9.17) is 10.00 Å². The molecule has 6 nitrogen and oxygen atoms in total. The van der Waals surface area contributed by atoms with Crippen LogP contribution < -0.4 is 0 Å². The lowest BCUT2D eigenvalue weighted by Gasteiger charge is -2.06. The SMILES string of the molecule is CCOC(=O)c1c(C)[nH]c(C(=O)C(C#N)C(=O)C2CC2)c1C. The van der Waals surface area contributed by atoms with E-state index >= 15 is 0 Å². The summed E-state index contributed by atoms with van der Waals surface area (Å²) in [4.78, 5) is 39.3. The van der Waals surface area contributed by atoms with Crippen molar-refractivity contribution in [3.8, 4) is 6.07 Å². The van der Waals surface area contributed by atoms with Gasteiger partial charge in [-0.15, -0.1) is 0 Å². The number of esters is 1. The van der Waals surface area contributed by atoms with E-state index in [1.54, 1.807) is 26.8 Å². The number of nitrogens with zero attached hydrogens (tertiary/aromatic N) is 1. The second-order valence-electron chi connectivity index (χ2n) is 5.45. The lowest BCUT2D eigenvalue weighted by atomic mass is 9.93. The van der Waals surface area contributed by atoms with Crippen molar-refractivity contribution in [1.29, 1.82) is 5.26 Å². The maximum Gasteiger partial charge on any atom is 0.340 e. The van der Waals surface area contributed by atoms with Crippen LogP contribution in [0.1, 0.15) is 51.9 Å². The average Bonchev–Trinajstić information content (AvgIpc) is 3.26. The third-order valence-electron chi connectivity index (χ3n) is 3.82. The number of aromatic amines is 1. The Morgan fingerprint density at radius 1 is 1.36 bits per heavy atom. The van der Waals surface area contributed by atoms with Crippen molar-refractivity contribution in [1.82, 2.24) is 4.98 Å². The van der Waals surface area contributed by atoms with Crippen LogP contribution in [0.2, 0.25) is 0 Å². The van der Waals surface area contributed by atoms with E-state index in [2.05, 4.69) is 4.98 Å². The van der Waals surface area contributed by atoms with Crippen molar-refractivity contribution in [2.24, 2.45) is 11.8 Å². The van der Waals surface area contributed by atoms with Crippen LogP contribution in [0.4, 0.5) is 0 Å². The number of hydrogen-bond acceptors (Lipinski definition) is 5. The molecule has 0 saturated heterocycles. The lowest BCUT2D eigenvalue weighted by Crippen LogP contribution is -2.25. The quantitative estimate of drug-likeness (QED) is 0.493. The highest BCUT2D eigenvalue weighted by atomic mass is 16.5. The minimum Gasteiger partial charge on any atom is -0.462 e. The minimum atomic E-state index is -1.31. The molecule has 1 saturated carbocycles. The van der Waals surface area contributed by atoms with Gasteiger partial charge in [-0.25, -0.2) is 4.79 Å². The van der Waals surface area contributed by atoms with Crippen molar-refractivity contribution >= 4 is 17.5 Å². The number of rotatable bonds is 6. The largest absolute Gasteiger partial charge is 0.462 e. The molecular formula is C16H18N2O4. The second kappa shape index (κ2) is 6.14. The Labute approximate surface area is 128 Å². The maximum absolute atomic E-state index is 12.5. The molecule has 1 heterocycles. The normalized spacial score (nSPS) is 15.0. The number of H-pyrrole nitrogens is 1. The molecular weight excluding hydrogens is 284 g/mol. The van der Waals surface area contributed by atoms with Crippen molar-refractivity contribution in [2.45, 2.75) is 33.6 Å². The van der Waals surface area contributed by atoms with Crippen LogP contribution in [0.15, 0.2) is 0 Å². The van der Waals surface area contributed by atoms with Gasteiger partial charge >= 0.3 is 5.97 Å². The number of ether oxygens (including phenoxy) is 1.